The minimum atomic E-state index is -0.0264. The van der Waals surface area contributed by atoms with Crippen molar-refractivity contribution in [1.29, 1.82) is 0 Å². The third-order valence-corrected chi connectivity index (χ3v) is 3.56. The molecule has 1 unspecified atom stereocenters. The fourth-order valence-corrected chi connectivity index (χ4v) is 2.17. The zero-order valence-electron chi connectivity index (χ0n) is 12.8. The Kier molecular flexibility index (Phi) is 4.99. The van der Waals surface area contributed by atoms with Crippen LogP contribution in [0.3, 0.4) is 0 Å². The van der Waals surface area contributed by atoms with Crippen molar-refractivity contribution < 1.29 is 4.79 Å². The number of amides is 1. The second kappa shape index (κ2) is 6.93. The summed E-state index contributed by atoms with van der Waals surface area (Å²) in [7, 11) is 3.93. The summed E-state index contributed by atoms with van der Waals surface area (Å²) in [6, 6.07) is 17.9. The number of carbonyl (C=O) groups excluding carboxylic acids is 1. The number of rotatable bonds is 5. The first-order valence-corrected chi connectivity index (χ1v) is 7.18. The average molecular weight is 282 g/mol. The van der Waals surface area contributed by atoms with Crippen molar-refractivity contribution in [2.45, 2.75) is 12.8 Å². The summed E-state index contributed by atoms with van der Waals surface area (Å²) >= 11 is 0. The van der Waals surface area contributed by atoms with E-state index in [0.29, 0.717) is 18.0 Å². The molecule has 3 heteroatoms. The normalized spacial score (nSPS) is 11.8. The van der Waals surface area contributed by atoms with Crippen LogP contribution in [-0.4, -0.2) is 26.5 Å². The van der Waals surface area contributed by atoms with E-state index >= 15 is 0 Å². The molecular weight excluding hydrogens is 260 g/mol. The highest BCUT2D eigenvalue weighted by atomic mass is 16.1. The van der Waals surface area contributed by atoms with Crippen LogP contribution in [0.2, 0.25) is 0 Å². The maximum absolute atomic E-state index is 12.2. The summed E-state index contributed by atoms with van der Waals surface area (Å²) in [4.78, 5) is 14.2. The van der Waals surface area contributed by atoms with Gasteiger partial charge in [-0.2, -0.15) is 0 Å². The number of hydrogen-bond acceptors (Lipinski definition) is 2. The fourth-order valence-electron chi connectivity index (χ4n) is 2.17. The van der Waals surface area contributed by atoms with E-state index in [1.165, 1.54) is 5.56 Å². The molecule has 1 amide bonds. The van der Waals surface area contributed by atoms with Crippen molar-refractivity contribution in [2.24, 2.45) is 0 Å². The summed E-state index contributed by atoms with van der Waals surface area (Å²) in [6.07, 6.45) is 0. The highest BCUT2D eigenvalue weighted by molar-refractivity contribution is 5.95. The van der Waals surface area contributed by atoms with Crippen LogP contribution in [0.5, 0.6) is 0 Å². The minimum Gasteiger partial charge on any atom is -0.378 e. The van der Waals surface area contributed by atoms with E-state index in [4.69, 9.17) is 0 Å². The Morgan fingerprint density at radius 3 is 2.48 bits per heavy atom. The zero-order chi connectivity index (χ0) is 15.2. The number of nitrogens with one attached hydrogen (secondary N) is 1. The molecule has 0 saturated carbocycles. The topological polar surface area (TPSA) is 32.3 Å². The highest BCUT2D eigenvalue weighted by Crippen LogP contribution is 2.15. The molecule has 3 nitrogen and oxygen atoms in total. The maximum Gasteiger partial charge on any atom is 0.251 e. The molecule has 2 aromatic rings. The predicted octanol–water partition coefficient (Wildman–Crippen LogP) is 3.29. The third kappa shape index (κ3) is 4.09. The molecular formula is C18H22N2O. The third-order valence-electron chi connectivity index (χ3n) is 3.56. The molecule has 1 atom stereocenters. The van der Waals surface area contributed by atoms with Gasteiger partial charge in [-0.25, -0.2) is 0 Å². The number of nitrogens with zero attached hydrogens (tertiary/aromatic N) is 1. The van der Waals surface area contributed by atoms with Gasteiger partial charge in [0.2, 0.25) is 0 Å². The zero-order valence-corrected chi connectivity index (χ0v) is 12.8. The largest absolute Gasteiger partial charge is 0.378 e. The van der Waals surface area contributed by atoms with E-state index in [1.54, 1.807) is 0 Å². The van der Waals surface area contributed by atoms with Crippen LogP contribution in [-0.2, 0) is 0 Å². The molecule has 0 aromatic heterocycles. The Labute approximate surface area is 126 Å². The lowest BCUT2D eigenvalue weighted by molar-refractivity contribution is 0.0951. The smallest absolute Gasteiger partial charge is 0.251 e. The van der Waals surface area contributed by atoms with Gasteiger partial charge in [-0.3, -0.25) is 4.79 Å². The maximum atomic E-state index is 12.2. The van der Waals surface area contributed by atoms with Crippen molar-refractivity contribution in [3.63, 3.8) is 0 Å². The molecule has 0 aliphatic rings. The van der Waals surface area contributed by atoms with Crippen LogP contribution in [0.4, 0.5) is 5.69 Å². The Morgan fingerprint density at radius 2 is 1.81 bits per heavy atom. The van der Waals surface area contributed by atoms with Crippen LogP contribution in [0.15, 0.2) is 54.6 Å². The van der Waals surface area contributed by atoms with Crippen molar-refractivity contribution in [3.8, 4) is 0 Å². The van der Waals surface area contributed by atoms with Crippen molar-refractivity contribution in [2.75, 3.05) is 25.5 Å². The van der Waals surface area contributed by atoms with Crippen LogP contribution in [0, 0.1) is 0 Å². The molecule has 0 radical (unpaired) electrons. The van der Waals surface area contributed by atoms with E-state index in [9.17, 15) is 4.79 Å². The molecule has 0 bridgehead atoms. The molecule has 110 valence electrons. The molecule has 2 rings (SSSR count). The van der Waals surface area contributed by atoms with Gasteiger partial charge >= 0.3 is 0 Å². The number of carbonyl (C=O) groups is 1. The van der Waals surface area contributed by atoms with E-state index in [1.807, 2.05) is 61.5 Å². The van der Waals surface area contributed by atoms with Crippen LogP contribution in [0.25, 0.3) is 0 Å². The van der Waals surface area contributed by atoms with E-state index in [2.05, 4.69) is 24.4 Å². The van der Waals surface area contributed by atoms with Gasteiger partial charge < -0.3 is 10.2 Å². The Hall–Kier alpha value is -2.29. The van der Waals surface area contributed by atoms with Gasteiger partial charge in [0.15, 0.2) is 0 Å². The molecule has 2 aromatic carbocycles. The van der Waals surface area contributed by atoms with E-state index in [0.717, 1.165) is 5.69 Å². The highest BCUT2D eigenvalue weighted by Gasteiger charge is 2.10. The van der Waals surface area contributed by atoms with Crippen LogP contribution in [0.1, 0.15) is 28.8 Å². The lowest BCUT2D eigenvalue weighted by Gasteiger charge is -2.15. The second-order valence-electron chi connectivity index (χ2n) is 5.47. The van der Waals surface area contributed by atoms with E-state index in [-0.39, 0.29) is 5.91 Å². The van der Waals surface area contributed by atoms with Crippen LogP contribution >= 0.6 is 0 Å². The lowest BCUT2D eigenvalue weighted by atomic mass is 10.0. The van der Waals surface area contributed by atoms with Gasteiger partial charge in [-0.15, -0.1) is 0 Å². The standard InChI is InChI=1S/C18H22N2O/c1-14(15-8-5-4-6-9-15)13-19-18(21)16-10-7-11-17(12-16)20(2)3/h4-12,14H,13H2,1-3H3,(H,19,21). The summed E-state index contributed by atoms with van der Waals surface area (Å²) in [6.45, 7) is 2.75. The minimum absolute atomic E-state index is 0.0264. The molecule has 0 aliphatic heterocycles. The first-order chi connectivity index (χ1) is 10.1. The van der Waals surface area contributed by atoms with Gasteiger partial charge in [0.05, 0.1) is 0 Å². The van der Waals surface area contributed by atoms with Gasteiger partial charge in [0.1, 0.15) is 0 Å². The molecule has 0 spiro atoms. The van der Waals surface area contributed by atoms with Gasteiger partial charge in [0, 0.05) is 31.9 Å². The van der Waals surface area contributed by atoms with Crippen LogP contribution < -0.4 is 10.2 Å². The van der Waals surface area contributed by atoms with Crippen molar-refractivity contribution in [3.05, 3.63) is 65.7 Å². The quantitative estimate of drug-likeness (QED) is 0.912. The average Bonchev–Trinajstić information content (AvgIpc) is 2.53. The predicted molar refractivity (Wildman–Crippen MR) is 88.0 cm³/mol. The summed E-state index contributed by atoms with van der Waals surface area (Å²) in [5.74, 6) is 0.272. The lowest BCUT2D eigenvalue weighted by Crippen LogP contribution is -2.27. The summed E-state index contributed by atoms with van der Waals surface area (Å²) in [5.41, 5.74) is 2.96. The molecule has 0 aliphatic carbocycles. The molecule has 1 N–H and O–H groups in total. The molecule has 0 heterocycles. The first kappa shape index (κ1) is 15.1. The molecule has 0 saturated heterocycles. The number of benzene rings is 2. The SMILES string of the molecule is CC(CNC(=O)c1cccc(N(C)C)c1)c1ccccc1. The number of anilines is 1. The fraction of sp³-hybridized carbons (Fsp3) is 0.278. The van der Waals surface area contributed by atoms with Crippen molar-refractivity contribution in [1.82, 2.24) is 5.32 Å². The Bertz CT molecular complexity index is 593. The molecule has 21 heavy (non-hydrogen) atoms. The van der Waals surface area contributed by atoms with Gasteiger partial charge in [-0.05, 0) is 29.7 Å². The van der Waals surface area contributed by atoms with Crippen molar-refractivity contribution >= 4 is 11.6 Å². The van der Waals surface area contributed by atoms with Gasteiger partial charge in [0.25, 0.3) is 5.91 Å². The summed E-state index contributed by atoms with van der Waals surface area (Å²) in [5, 5.41) is 3.01. The Balaban J connectivity index is 1.97. The second-order valence-corrected chi connectivity index (χ2v) is 5.47. The monoisotopic (exact) mass is 282 g/mol. The summed E-state index contributed by atoms with van der Waals surface area (Å²) < 4.78 is 0. The van der Waals surface area contributed by atoms with E-state index < -0.39 is 0 Å². The Morgan fingerprint density at radius 1 is 1.10 bits per heavy atom. The van der Waals surface area contributed by atoms with Gasteiger partial charge in [-0.1, -0.05) is 43.3 Å². The molecule has 0 fully saturated rings. The first-order valence-electron chi connectivity index (χ1n) is 7.18. The number of hydrogen-bond donors (Lipinski definition) is 1.